The van der Waals surface area contributed by atoms with Gasteiger partial charge in [-0.3, -0.25) is 4.79 Å². The van der Waals surface area contributed by atoms with E-state index < -0.39 is 11.9 Å². The monoisotopic (exact) mass is 369 g/mol. The molecule has 0 radical (unpaired) electrons. The minimum absolute atomic E-state index is 0.163. The van der Waals surface area contributed by atoms with Gasteiger partial charge in [-0.05, 0) is 36.8 Å². The standard InChI is InChI=1S/C19H16ClN3O3/c1-12-15(20)7-5-9-16(12)23-18(24)13(10-21)11-22-17-8-4-3-6-14(17)19(25)26-2/h3-9,11,22H,1-2H3,(H,23,24)/b13-11-. The first-order valence-electron chi connectivity index (χ1n) is 7.58. The molecule has 6 nitrogen and oxygen atoms in total. The van der Waals surface area contributed by atoms with Gasteiger partial charge in [0.1, 0.15) is 11.6 Å². The van der Waals surface area contributed by atoms with Crippen molar-refractivity contribution in [1.82, 2.24) is 0 Å². The molecule has 0 unspecified atom stereocenters. The second-order valence-corrected chi connectivity index (χ2v) is 5.63. The lowest BCUT2D eigenvalue weighted by Gasteiger charge is -2.10. The lowest BCUT2D eigenvalue weighted by atomic mass is 10.1. The van der Waals surface area contributed by atoms with Gasteiger partial charge in [-0.1, -0.05) is 29.8 Å². The van der Waals surface area contributed by atoms with Crippen molar-refractivity contribution in [3.8, 4) is 6.07 Å². The molecule has 2 aromatic rings. The molecule has 0 atom stereocenters. The number of nitrogens with one attached hydrogen (secondary N) is 2. The summed E-state index contributed by atoms with van der Waals surface area (Å²) in [5.74, 6) is -1.13. The van der Waals surface area contributed by atoms with Crippen LogP contribution in [0, 0.1) is 18.3 Å². The van der Waals surface area contributed by atoms with Crippen molar-refractivity contribution in [2.24, 2.45) is 0 Å². The Balaban J connectivity index is 2.21. The second-order valence-electron chi connectivity index (χ2n) is 5.22. The zero-order valence-corrected chi connectivity index (χ0v) is 14.9. The average molecular weight is 370 g/mol. The van der Waals surface area contributed by atoms with Crippen molar-refractivity contribution in [3.05, 3.63) is 70.4 Å². The van der Waals surface area contributed by atoms with Crippen molar-refractivity contribution in [2.75, 3.05) is 17.7 Å². The van der Waals surface area contributed by atoms with Gasteiger partial charge in [0.15, 0.2) is 0 Å². The highest BCUT2D eigenvalue weighted by Crippen LogP contribution is 2.23. The summed E-state index contributed by atoms with van der Waals surface area (Å²) in [6.45, 7) is 1.76. The van der Waals surface area contributed by atoms with E-state index in [1.54, 1.807) is 49.4 Å². The van der Waals surface area contributed by atoms with Crippen LogP contribution in [-0.4, -0.2) is 19.0 Å². The zero-order chi connectivity index (χ0) is 19.1. The third-order valence-corrected chi connectivity index (χ3v) is 3.99. The average Bonchev–Trinajstić information content (AvgIpc) is 2.65. The topological polar surface area (TPSA) is 91.2 Å². The van der Waals surface area contributed by atoms with Gasteiger partial charge < -0.3 is 15.4 Å². The molecular weight excluding hydrogens is 354 g/mol. The molecular formula is C19H16ClN3O3. The number of carbonyl (C=O) groups is 2. The first kappa shape index (κ1) is 19.0. The van der Waals surface area contributed by atoms with Crippen LogP contribution < -0.4 is 10.6 Å². The number of hydrogen-bond acceptors (Lipinski definition) is 5. The first-order chi connectivity index (χ1) is 12.5. The van der Waals surface area contributed by atoms with Crippen molar-refractivity contribution in [3.63, 3.8) is 0 Å². The predicted molar refractivity (Wildman–Crippen MR) is 99.9 cm³/mol. The van der Waals surface area contributed by atoms with Gasteiger partial charge >= 0.3 is 5.97 Å². The number of nitrogens with zero attached hydrogens (tertiary/aromatic N) is 1. The van der Waals surface area contributed by atoms with Crippen LogP contribution in [0.15, 0.2) is 54.2 Å². The van der Waals surface area contributed by atoms with Crippen molar-refractivity contribution < 1.29 is 14.3 Å². The molecule has 2 N–H and O–H groups in total. The highest BCUT2D eigenvalue weighted by atomic mass is 35.5. The maximum Gasteiger partial charge on any atom is 0.339 e. The second kappa shape index (κ2) is 8.70. The molecule has 0 aromatic heterocycles. The summed E-state index contributed by atoms with van der Waals surface area (Å²) in [5, 5.41) is 15.2. The Morgan fingerprint density at radius 3 is 2.54 bits per heavy atom. The van der Waals surface area contributed by atoms with Crippen LogP contribution in [0.2, 0.25) is 5.02 Å². The normalized spacial score (nSPS) is 10.6. The SMILES string of the molecule is COC(=O)c1ccccc1N/C=C(/C#N)C(=O)Nc1cccc(Cl)c1C. The lowest BCUT2D eigenvalue weighted by Crippen LogP contribution is -2.15. The summed E-state index contributed by atoms with van der Waals surface area (Å²) in [4.78, 5) is 24.1. The Kier molecular flexibility index (Phi) is 6.36. The van der Waals surface area contributed by atoms with Gasteiger partial charge in [0, 0.05) is 16.9 Å². The van der Waals surface area contributed by atoms with Gasteiger partial charge in [0.05, 0.1) is 18.4 Å². The number of hydrogen-bond donors (Lipinski definition) is 2. The molecule has 0 aliphatic rings. The van der Waals surface area contributed by atoms with Crippen LogP contribution in [0.4, 0.5) is 11.4 Å². The highest BCUT2D eigenvalue weighted by molar-refractivity contribution is 6.31. The van der Waals surface area contributed by atoms with Gasteiger partial charge in [0.2, 0.25) is 0 Å². The van der Waals surface area contributed by atoms with Gasteiger partial charge in [0.25, 0.3) is 5.91 Å². The molecule has 1 amide bonds. The maximum absolute atomic E-state index is 12.3. The van der Waals surface area contributed by atoms with Crippen molar-refractivity contribution >= 4 is 34.9 Å². The molecule has 0 spiro atoms. The molecule has 0 heterocycles. The number of methoxy groups -OCH3 is 1. The first-order valence-corrected chi connectivity index (χ1v) is 7.96. The van der Waals surface area contributed by atoms with Crippen LogP contribution in [-0.2, 0) is 9.53 Å². The van der Waals surface area contributed by atoms with E-state index in [0.717, 1.165) is 0 Å². The van der Waals surface area contributed by atoms with Gasteiger partial charge in [-0.25, -0.2) is 4.79 Å². The minimum Gasteiger partial charge on any atom is -0.465 e. The quantitative estimate of drug-likeness (QED) is 0.474. The Hall–Kier alpha value is -3.30. The van der Waals surface area contributed by atoms with E-state index in [9.17, 15) is 14.9 Å². The van der Waals surface area contributed by atoms with Crippen LogP contribution >= 0.6 is 11.6 Å². The van der Waals surface area contributed by atoms with Gasteiger partial charge in [-0.2, -0.15) is 5.26 Å². The van der Waals surface area contributed by atoms with Crippen LogP contribution in [0.3, 0.4) is 0 Å². The van der Waals surface area contributed by atoms with E-state index in [1.807, 2.05) is 6.07 Å². The molecule has 2 aromatic carbocycles. The summed E-state index contributed by atoms with van der Waals surface area (Å²) >= 11 is 6.03. The number of ether oxygens (including phenoxy) is 1. The van der Waals surface area contributed by atoms with Gasteiger partial charge in [-0.15, -0.1) is 0 Å². The van der Waals surface area contributed by atoms with E-state index in [-0.39, 0.29) is 11.1 Å². The molecule has 2 rings (SSSR count). The number of halogens is 1. The number of carbonyl (C=O) groups excluding carboxylic acids is 2. The van der Waals surface area contributed by atoms with E-state index in [2.05, 4.69) is 10.6 Å². The van der Waals surface area contributed by atoms with Crippen LogP contribution in [0.1, 0.15) is 15.9 Å². The minimum atomic E-state index is -0.596. The molecule has 0 saturated carbocycles. The Labute approximate surface area is 156 Å². The van der Waals surface area contributed by atoms with Crippen molar-refractivity contribution in [2.45, 2.75) is 6.92 Å². The number of rotatable bonds is 5. The van der Waals surface area contributed by atoms with E-state index in [4.69, 9.17) is 16.3 Å². The Morgan fingerprint density at radius 1 is 1.15 bits per heavy atom. The lowest BCUT2D eigenvalue weighted by molar-refractivity contribution is -0.112. The summed E-state index contributed by atoms with van der Waals surface area (Å²) in [6, 6.07) is 13.5. The van der Waals surface area contributed by atoms with E-state index >= 15 is 0 Å². The molecule has 7 heteroatoms. The fourth-order valence-corrected chi connectivity index (χ4v) is 2.30. The number of amides is 1. The van der Waals surface area contributed by atoms with Crippen molar-refractivity contribution in [1.29, 1.82) is 5.26 Å². The van der Waals surface area contributed by atoms with Crippen LogP contribution in [0.5, 0.6) is 0 Å². The molecule has 0 saturated heterocycles. The summed E-state index contributed by atoms with van der Waals surface area (Å²) in [7, 11) is 1.27. The molecule has 0 aliphatic carbocycles. The highest BCUT2D eigenvalue weighted by Gasteiger charge is 2.13. The molecule has 0 fully saturated rings. The van der Waals surface area contributed by atoms with E-state index in [1.165, 1.54) is 13.3 Å². The molecule has 0 aliphatic heterocycles. The third-order valence-electron chi connectivity index (χ3n) is 3.59. The Morgan fingerprint density at radius 2 is 1.85 bits per heavy atom. The fourth-order valence-electron chi connectivity index (χ4n) is 2.13. The molecule has 0 bridgehead atoms. The Bertz CT molecular complexity index is 916. The largest absolute Gasteiger partial charge is 0.465 e. The smallest absolute Gasteiger partial charge is 0.339 e. The fraction of sp³-hybridized carbons (Fsp3) is 0.105. The maximum atomic E-state index is 12.3. The van der Waals surface area contributed by atoms with E-state index in [0.29, 0.717) is 22.0 Å². The predicted octanol–water partition coefficient (Wildman–Crippen LogP) is 3.89. The van der Waals surface area contributed by atoms with Crippen LogP contribution in [0.25, 0.3) is 0 Å². The summed E-state index contributed by atoms with van der Waals surface area (Å²) in [6.07, 6.45) is 1.23. The molecule has 26 heavy (non-hydrogen) atoms. The number of anilines is 2. The summed E-state index contributed by atoms with van der Waals surface area (Å²) < 4.78 is 4.70. The number of para-hydroxylation sites is 1. The number of esters is 1. The number of benzene rings is 2. The third kappa shape index (κ3) is 4.41. The summed E-state index contributed by atoms with van der Waals surface area (Å²) in [5.41, 5.74) is 1.75. The zero-order valence-electron chi connectivity index (χ0n) is 14.2. The number of nitriles is 1. The molecule has 132 valence electrons.